The highest BCUT2D eigenvalue weighted by molar-refractivity contribution is 5.77. The molecule has 1 aliphatic carbocycles. The maximum Gasteiger partial charge on any atom is 0.234 e. The Balaban J connectivity index is 2.01. The molecular formula is C12H16N2O. The van der Waals surface area contributed by atoms with Crippen LogP contribution in [0, 0.1) is 0 Å². The number of nitrogens with two attached hydrogens (primary N) is 1. The first-order chi connectivity index (χ1) is 7.29. The van der Waals surface area contributed by atoms with Crippen molar-refractivity contribution in [3.05, 3.63) is 34.9 Å². The van der Waals surface area contributed by atoms with Crippen molar-refractivity contribution in [3.8, 4) is 0 Å². The second-order valence-electron chi connectivity index (χ2n) is 3.94. The van der Waals surface area contributed by atoms with Gasteiger partial charge in [-0.2, -0.15) is 0 Å². The molecule has 1 aromatic carbocycles. The molecule has 15 heavy (non-hydrogen) atoms. The monoisotopic (exact) mass is 204 g/mol. The topological polar surface area (TPSA) is 55.1 Å². The van der Waals surface area contributed by atoms with Crippen molar-refractivity contribution in [1.82, 2.24) is 5.32 Å². The van der Waals surface area contributed by atoms with Gasteiger partial charge in [0.15, 0.2) is 0 Å². The van der Waals surface area contributed by atoms with Crippen molar-refractivity contribution in [2.45, 2.75) is 25.8 Å². The predicted octanol–water partition coefficient (Wildman–Crippen LogP) is 0.750. The van der Waals surface area contributed by atoms with Crippen molar-refractivity contribution in [2.75, 3.05) is 6.54 Å². The summed E-state index contributed by atoms with van der Waals surface area (Å²) in [5.41, 5.74) is 9.28. The fourth-order valence-corrected chi connectivity index (χ4v) is 2.01. The molecule has 0 atom stereocenters. The molecule has 80 valence electrons. The molecule has 0 saturated heterocycles. The summed E-state index contributed by atoms with van der Waals surface area (Å²) in [7, 11) is 0. The van der Waals surface area contributed by atoms with E-state index in [9.17, 15) is 4.79 Å². The third-order valence-electron chi connectivity index (χ3n) is 2.84. The van der Waals surface area contributed by atoms with Gasteiger partial charge in [-0.25, -0.2) is 0 Å². The minimum absolute atomic E-state index is 0.0605. The van der Waals surface area contributed by atoms with Crippen LogP contribution in [0.1, 0.15) is 23.1 Å². The van der Waals surface area contributed by atoms with Gasteiger partial charge in [-0.1, -0.05) is 18.2 Å². The summed E-state index contributed by atoms with van der Waals surface area (Å²) in [6, 6.07) is 6.45. The van der Waals surface area contributed by atoms with Crippen molar-refractivity contribution in [1.29, 1.82) is 0 Å². The van der Waals surface area contributed by atoms with Gasteiger partial charge in [-0.15, -0.1) is 0 Å². The minimum Gasteiger partial charge on any atom is -0.351 e. The zero-order valence-electron chi connectivity index (χ0n) is 8.75. The quantitative estimate of drug-likeness (QED) is 0.763. The lowest BCUT2D eigenvalue weighted by molar-refractivity contribution is -0.119. The number of hydrogen-bond donors (Lipinski definition) is 2. The standard InChI is InChI=1S/C12H16N2O/c13-7-12(15)14-8-9-4-5-10-2-1-3-11(10)6-9/h4-6H,1-3,7-8,13H2,(H,14,15). The summed E-state index contributed by atoms with van der Waals surface area (Å²) in [4.78, 5) is 11.0. The first-order valence-corrected chi connectivity index (χ1v) is 5.37. The highest BCUT2D eigenvalue weighted by Crippen LogP contribution is 2.22. The first-order valence-electron chi connectivity index (χ1n) is 5.37. The number of carbonyl (C=O) groups excluding carboxylic acids is 1. The molecular weight excluding hydrogens is 188 g/mol. The van der Waals surface area contributed by atoms with Gasteiger partial charge in [-0.05, 0) is 36.0 Å². The smallest absolute Gasteiger partial charge is 0.234 e. The molecule has 0 saturated carbocycles. The Labute approximate surface area is 89.7 Å². The van der Waals surface area contributed by atoms with Crippen molar-refractivity contribution >= 4 is 5.91 Å². The van der Waals surface area contributed by atoms with Gasteiger partial charge in [0.1, 0.15) is 0 Å². The van der Waals surface area contributed by atoms with Gasteiger partial charge in [0, 0.05) is 6.54 Å². The van der Waals surface area contributed by atoms with E-state index in [0.717, 1.165) is 5.56 Å². The number of amides is 1. The molecule has 3 heteroatoms. The van der Waals surface area contributed by atoms with E-state index in [1.807, 2.05) is 0 Å². The van der Waals surface area contributed by atoms with Crippen LogP contribution in [0.3, 0.4) is 0 Å². The van der Waals surface area contributed by atoms with Crippen LogP contribution >= 0.6 is 0 Å². The van der Waals surface area contributed by atoms with Gasteiger partial charge in [0.2, 0.25) is 5.91 Å². The Morgan fingerprint density at radius 2 is 2.13 bits per heavy atom. The van der Waals surface area contributed by atoms with Crippen LogP contribution in [0.4, 0.5) is 0 Å². The normalized spacial score (nSPS) is 13.7. The fourth-order valence-electron chi connectivity index (χ4n) is 2.01. The zero-order chi connectivity index (χ0) is 10.7. The number of hydrogen-bond acceptors (Lipinski definition) is 2. The summed E-state index contributed by atoms with van der Waals surface area (Å²) >= 11 is 0. The highest BCUT2D eigenvalue weighted by Gasteiger charge is 2.10. The van der Waals surface area contributed by atoms with Crippen LogP contribution in [0.15, 0.2) is 18.2 Å². The fraction of sp³-hybridized carbons (Fsp3) is 0.417. The predicted molar refractivity (Wildman–Crippen MR) is 59.4 cm³/mol. The van der Waals surface area contributed by atoms with E-state index in [1.54, 1.807) is 0 Å². The molecule has 0 heterocycles. The molecule has 1 aliphatic rings. The Morgan fingerprint density at radius 1 is 1.33 bits per heavy atom. The Kier molecular flexibility index (Phi) is 3.02. The summed E-state index contributed by atoms with van der Waals surface area (Å²) in [6.07, 6.45) is 3.63. The van der Waals surface area contributed by atoms with E-state index in [0.29, 0.717) is 6.54 Å². The number of aryl methyl sites for hydroxylation is 2. The molecule has 1 amide bonds. The number of rotatable bonds is 3. The van der Waals surface area contributed by atoms with E-state index < -0.39 is 0 Å². The number of nitrogens with one attached hydrogen (secondary N) is 1. The summed E-state index contributed by atoms with van der Waals surface area (Å²) < 4.78 is 0. The SMILES string of the molecule is NCC(=O)NCc1ccc2c(c1)CCC2. The molecule has 0 fully saturated rings. The van der Waals surface area contributed by atoms with Crippen LogP contribution in [-0.4, -0.2) is 12.5 Å². The number of carbonyl (C=O) groups is 1. The lowest BCUT2D eigenvalue weighted by Crippen LogP contribution is -2.29. The molecule has 3 nitrogen and oxygen atoms in total. The van der Waals surface area contributed by atoms with Gasteiger partial charge in [-0.3, -0.25) is 4.79 Å². The Hall–Kier alpha value is -1.35. The average molecular weight is 204 g/mol. The lowest BCUT2D eigenvalue weighted by Gasteiger charge is -2.06. The largest absolute Gasteiger partial charge is 0.351 e. The molecule has 0 bridgehead atoms. The molecule has 0 unspecified atom stereocenters. The number of fused-ring (bicyclic) bond motifs is 1. The second kappa shape index (κ2) is 4.45. The third-order valence-corrected chi connectivity index (χ3v) is 2.84. The molecule has 0 radical (unpaired) electrons. The zero-order valence-corrected chi connectivity index (χ0v) is 8.75. The molecule has 0 aromatic heterocycles. The van der Waals surface area contributed by atoms with E-state index in [4.69, 9.17) is 5.73 Å². The maximum absolute atomic E-state index is 11.0. The van der Waals surface area contributed by atoms with E-state index in [2.05, 4.69) is 23.5 Å². The average Bonchev–Trinajstić information content (AvgIpc) is 2.72. The molecule has 1 aromatic rings. The van der Waals surface area contributed by atoms with Crippen LogP contribution in [-0.2, 0) is 24.2 Å². The Morgan fingerprint density at radius 3 is 2.93 bits per heavy atom. The van der Waals surface area contributed by atoms with Crippen LogP contribution < -0.4 is 11.1 Å². The molecule has 2 rings (SSSR count). The van der Waals surface area contributed by atoms with Crippen LogP contribution in [0.5, 0.6) is 0 Å². The molecule has 3 N–H and O–H groups in total. The second-order valence-corrected chi connectivity index (χ2v) is 3.94. The van der Waals surface area contributed by atoms with Crippen LogP contribution in [0.2, 0.25) is 0 Å². The van der Waals surface area contributed by atoms with Crippen molar-refractivity contribution in [3.63, 3.8) is 0 Å². The third kappa shape index (κ3) is 2.36. The van der Waals surface area contributed by atoms with E-state index >= 15 is 0 Å². The lowest BCUT2D eigenvalue weighted by atomic mass is 10.1. The molecule has 0 aliphatic heterocycles. The van der Waals surface area contributed by atoms with Gasteiger partial charge < -0.3 is 11.1 Å². The van der Waals surface area contributed by atoms with E-state index in [-0.39, 0.29) is 12.5 Å². The summed E-state index contributed by atoms with van der Waals surface area (Å²) in [5, 5.41) is 2.78. The summed E-state index contributed by atoms with van der Waals surface area (Å²) in [5.74, 6) is -0.101. The highest BCUT2D eigenvalue weighted by atomic mass is 16.1. The Bertz CT molecular complexity index is 374. The first kappa shape index (κ1) is 10.2. The van der Waals surface area contributed by atoms with Gasteiger partial charge in [0.05, 0.1) is 6.54 Å². The minimum atomic E-state index is -0.101. The maximum atomic E-state index is 11.0. The van der Waals surface area contributed by atoms with Crippen molar-refractivity contribution in [2.24, 2.45) is 5.73 Å². The summed E-state index contributed by atoms with van der Waals surface area (Å²) in [6.45, 7) is 0.647. The van der Waals surface area contributed by atoms with Crippen LogP contribution in [0.25, 0.3) is 0 Å². The van der Waals surface area contributed by atoms with Crippen molar-refractivity contribution < 1.29 is 4.79 Å². The number of benzene rings is 1. The van der Waals surface area contributed by atoms with E-state index in [1.165, 1.54) is 30.4 Å². The van der Waals surface area contributed by atoms with Gasteiger partial charge >= 0.3 is 0 Å². The molecule has 0 spiro atoms. The van der Waals surface area contributed by atoms with Gasteiger partial charge in [0.25, 0.3) is 0 Å².